The highest BCUT2D eigenvalue weighted by atomic mass is 16.5. The topological polar surface area (TPSA) is 43.0 Å². The second kappa shape index (κ2) is 13.9. The molecule has 0 heterocycles. The maximum atomic E-state index is 5.37. The summed E-state index contributed by atoms with van der Waals surface area (Å²) in [5.41, 5.74) is 3.12. The molecule has 0 spiro atoms. The molecule has 0 bridgehead atoms. The Morgan fingerprint density at radius 3 is 1.88 bits per heavy atom. The molecule has 0 amide bonds. The summed E-state index contributed by atoms with van der Waals surface area (Å²) in [7, 11) is 3.92. The Hall–Kier alpha value is -0.200. The van der Waals surface area contributed by atoms with Crippen LogP contribution in [0, 0.1) is 0 Å². The number of hydrazine groups is 1. The summed E-state index contributed by atoms with van der Waals surface area (Å²) >= 11 is 0. The van der Waals surface area contributed by atoms with E-state index in [-0.39, 0.29) is 0 Å². The molecule has 0 aromatic heterocycles. The smallest absolute Gasteiger partial charge is 0.0701 e. The van der Waals surface area contributed by atoms with Gasteiger partial charge in [-0.1, -0.05) is 13.3 Å². The Balaban J connectivity index is 2.89. The molecule has 0 aliphatic carbocycles. The SMILES string of the molecule is CCCCOCCOCCOCCNN(C)C. The molecule has 0 saturated carbocycles. The van der Waals surface area contributed by atoms with E-state index in [1.807, 2.05) is 19.1 Å². The quantitative estimate of drug-likeness (QED) is 0.387. The van der Waals surface area contributed by atoms with Crippen molar-refractivity contribution in [2.45, 2.75) is 19.8 Å². The van der Waals surface area contributed by atoms with Gasteiger partial charge in [-0.15, -0.1) is 0 Å². The molecule has 0 saturated heterocycles. The molecule has 17 heavy (non-hydrogen) atoms. The third-order valence-corrected chi connectivity index (χ3v) is 2.06. The number of hydrogen-bond donors (Lipinski definition) is 1. The predicted molar refractivity (Wildman–Crippen MR) is 69.1 cm³/mol. The summed E-state index contributed by atoms with van der Waals surface area (Å²) in [6.07, 6.45) is 2.30. The van der Waals surface area contributed by atoms with Gasteiger partial charge in [-0.25, -0.2) is 0 Å². The first-order valence-corrected chi connectivity index (χ1v) is 6.41. The molecule has 0 aromatic carbocycles. The van der Waals surface area contributed by atoms with Crippen LogP contribution in [0.5, 0.6) is 0 Å². The van der Waals surface area contributed by atoms with Gasteiger partial charge >= 0.3 is 0 Å². The largest absolute Gasteiger partial charge is 0.379 e. The van der Waals surface area contributed by atoms with Crippen LogP contribution in [0.3, 0.4) is 0 Å². The average molecular weight is 248 g/mol. The van der Waals surface area contributed by atoms with Crippen LogP contribution in [-0.4, -0.2) is 65.3 Å². The number of unbranched alkanes of at least 4 members (excludes halogenated alkanes) is 1. The van der Waals surface area contributed by atoms with Gasteiger partial charge in [0.25, 0.3) is 0 Å². The highest BCUT2D eigenvalue weighted by Gasteiger charge is 1.92. The van der Waals surface area contributed by atoms with Crippen LogP contribution in [-0.2, 0) is 14.2 Å². The molecule has 0 radical (unpaired) electrons. The van der Waals surface area contributed by atoms with E-state index in [1.54, 1.807) is 0 Å². The van der Waals surface area contributed by atoms with Gasteiger partial charge in [-0.2, -0.15) is 0 Å². The Morgan fingerprint density at radius 2 is 1.35 bits per heavy atom. The molecule has 0 aliphatic heterocycles. The molecule has 5 nitrogen and oxygen atoms in total. The van der Waals surface area contributed by atoms with Crippen LogP contribution >= 0.6 is 0 Å². The van der Waals surface area contributed by atoms with Crippen molar-refractivity contribution in [3.8, 4) is 0 Å². The normalized spacial score (nSPS) is 11.3. The highest BCUT2D eigenvalue weighted by Crippen LogP contribution is 1.87. The first-order chi connectivity index (χ1) is 8.27. The van der Waals surface area contributed by atoms with E-state index in [0.717, 1.165) is 19.6 Å². The fraction of sp³-hybridized carbons (Fsp3) is 1.00. The molecular weight excluding hydrogens is 220 g/mol. The second-order valence-electron chi connectivity index (χ2n) is 3.99. The van der Waals surface area contributed by atoms with Crippen LogP contribution in [0.25, 0.3) is 0 Å². The van der Waals surface area contributed by atoms with Gasteiger partial charge in [0.05, 0.1) is 33.0 Å². The second-order valence-corrected chi connectivity index (χ2v) is 3.99. The van der Waals surface area contributed by atoms with Crippen molar-refractivity contribution < 1.29 is 14.2 Å². The van der Waals surface area contributed by atoms with E-state index in [2.05, 4.69) is 12.3 Å². The van der Waals surface area contributed by atoms with Crippen LogP contribution in [0.2, 0.25) is 0 Å². The average Bonchev–Trinajstić information content (AvgIpc) is 2.30. The van der Waals surface area contributed by atoms with Crippen LogP contribution < -0.4 is 5.43 Å². The van der Waals surface area contributed by atoms with Crippen molar-refractivity contribution in [2.24, 2.45) is 0 Å². The lowest BCUT2D eigenvalue weighted by molar-refractivity contribution is 0.0130. The zero-order valence-electron chi connectivity index (χ0n) is 11.5. The summed E-state index contributed by atoms with van der Waals surface area (Å²) in [6, 6.07) is 0. The minimum atomic E-state index is 0.638. The minimum absolute atomic E-state index is 0.638. The van der Waals surface area contributed by atoms with Gasteiger partial charge in [0.15, 0.2) is 0 Å². The van der Waals surface area contributed by atoms with Gasteiger partial charge in [0, 0.05) is 27.2 Å². The number of nitrogens with zero attached hydrogens (tertiary/aromatic N) is 1. The van der Waals surface area contributed by atoms with Crippen molar-refractivity contribution in [2.75, 3.05) is 60.3 Å². The summed E-state index contributed by atoms with van der Waals surface area (Å²) < 4.78 is 16.1. The number of rotatable bonds is 13. The Kier molecular flexibility index (Phi) is 13.7. The molecule has 1 N–H and O–H groups in total. The van der Waals surface area contributed by atoms with Gasteiger partial charge in [-0.3, -0.25) is 10.4 Å². The fourth-order valence-electron chi connectivity index (χ4n) is 1.13. The lowest BCUT2D eigenvalue weighted by Crippen LogP contribution is -2.33. The molecule has 0 aliphatic rings. The number of ether oxygens (including phenoxy) is 3. The molecule has 5 heteroatoms. The van der Waals surface area contributed by atoms with Gasteiger partial charge in [0.1, 0.15) is 0 Å². The molecule has 0 unspecified atom stereocenters. The standard InChI is InChI=1S/C12H28N2O3/c1-4-5-7-15-9-11-17-12-10-16-8-6-13-14(2)3/h13H,4-12H2,1-3H3. The minimum Gasteiger partial charge on any atom is -0.379 e. The third kappa shape index (κ3) is 15.8. The lowest BCUT2D eigenvalue weighted by atomic mass is 10.4. The van der Waals surface area contributed by atoms with Crippen molar-refractivity contribution in [3.05, 3.63) is 0 Å². The summed E-state index contributed by atoms with van der Waals surface area (Å²) in [6.45, 7) is 7.14. The summed E-state index contributed by atoms with van der Waals surface area (Å²) in [5, 5.41) is 1.91. The molecule has 104 valence electrons. The summed E-state index contributed by atoms with van der Waals surface area (Å²) in [4.78, 5) is 0. The van der Waals surface area contributed by atoms with Crippen LogP contribution in [0.4, 0.5) is 0 Å². The number of nitrogens with one attached hydrogen (secondary N) is 1. The van der Waals surface area contributed by atoms with E-state index in [1.165, 1.54) is 6.42 Å². The van der Waals surface area contributed by atoms with Gasteiger partial charge in [0.2, 0.25) is 0 Å². The van der Waals surface area contributed by atoms with Crippen molar-refractivity contribution in [3.63, 3.8) is 0 Å². The van der Waals surface area contributed by atoms with Gasteiger partial charge < -0.3 is 14.2 Å². The predicted octanol–water partition coefficient (Wildman–Crippen LogP) is 0.903. The van der Waals surface area contributed by atoms with Crippen LogP contribution in [0.1, 0.15) is 19.8 Å². The fourth-order valence-corrected chi connectivity index (χ4v) is 1.13. The van der Waals surface area contributed by atoms with Crippen molar-refractivity contribution >= 4 is 0 Å². The maximum absolute atomic E-state index is 5.37. The van der Waals surface area contributed by atoms with E-state index in [9.17, 15) is 0 Å². The molecular formula is C12H28N2O3. The molecule has 0 fully saturated rings. The first-order valence-electron chi connectivity index (χ1n) is 6.41. The Bertz CT molecular complexity index is 146. The summed E-state index contributed by atoms with van der Waals surface area (Å²) in [5.74, 6) is 0. The first kappa shape index (κ1) is 16.8. The number of hydrogen-bond acceptors (Lipinski definition) is 5. The zero-order valence-corrected chi connectivity index (χ0v) is 11.5. The van der Waals surface area contributed by atoms with Crippen molar-refractivity contribution in [1.82, 2.24) is 10.4 Å². The van der Waals surface area contributed by atoms with E-state index >= 15 is 0 Å². The maximum Gasteiger partial charge on any atom is 0.0701 e. The molecule has 0 rings (SSSR count). The van der Waals surface area contributed by atoms with E-state index in [4.69, 9.17) is 14.2 Å². The Morgan fingerprint density at radius 1 is 0.824 bits per heavy atom. The lowest BCUT2D eigenvalue weighted by Gasteiger charge is -2.11. The highest BCUT2D eigenvalue weighted by molar-refractivity contribution is 4.38. The zero-order chi connectivity index (χ0) is 12.8. The molecule has 0 atom stereocenters. The van der Waals surface area contributed by atoms with E-state index < -0.39 is 0 Å². The monoisotopic (exact) mass is 248 g/mol. The van der Waals surface area contributed by atoms with E-state index in [0.29, 0.717) is 33.0 Å². The third-order valence-electron chi connectivity index (χ3n) is 2.06. The van der Waals surface area contributed by atoms with Crippen LogP contribution in [0.15, 0.2) is 0 Å². The molecule has 0 aromatic rings. The van der Waals surface area contributed by atoms with Crippen molar-refractivity contribution in [1.29, 1.82) is 0 Å². The van der Waals surface area contributed by atoms with Gasteiger partial charge in [-0.05, 0) is 6.42 Å². The Labute approximate surface area is 105 Å².